The van der Waals surface area contributed by atoms with Crippen molar-refractivity contribution in [3.8, 4) is 0 Å². The second-order valence-corrected chi connectivity index (χ2v) is 4.97. The van der Waals surface area contributed by atoms with Gasteiger partial charge in [0.1, 0.15) is 0 Å². The quantitative estimate of drug-likeness (QED) is 0.801. The fourth-order valence-electron chi connectivity index (χ4n) is 1.50. The Balaban J connectivity index is 2.68. The lowest BCUT2D eigenvalue weighted by Gasteiger charge is -2.21. The Morgan fingerprint density at radius 3 is 2.29 bits per heavy atom. The summed E-state index contributed by atoms with van der Waals surface area (Å²) in [5.41, 5.74) is 1.05. The third-order valence-electron chi connectivity index (χ3n) is 3.09. The van der Waals surface area contributed by atoms with E-state index in [1.54, 1.807) is 0 Å². The van der Waals surface area contributed by atoms with Gasteiger partial charge in [0.05, 0.1) is 6.04 Å². The molecule has 0 heterocycles. The lowest BCUT2D eigenvalue weighted by atomic mass is 9.96. The van der Waals surface area contributed by atoms with Crippen LogP contribution in [0, 0.1) is 11.8 Å². The van der Waals surface area contributed by atoms with Gasteiger partial charge in [-0.15, -0.1) is 11.6 Å². The number of hydrogen-bond donors (Lipinski definition) is 1. The molecular weight excluding hydrogens is 234 g/mol. The largest absolute Gasteiger partial charge is 0.348 e. The topological polar surface area (TPSA) is 29.1 Å². The van der Waals surface area contributed by atoms with Gasteiger partial charge in [-0.3, -0.25) is 4.79 Å². The number of nitrogens with one attached hydrogen (secondary N) is 1. The molecule has 0 spiro atoms. The van der Waals surface area contributed by atoms with Crippen molar-refractivity contribution >= 4 is 17.5 Å². The first-order chi connectivity index (χ1) is 8.06. The molecule has 0 bridgehead atoms. The predicted molar refractivity (Wildman–Crippen MR) is 72.0 cm³/mol. The van der Waals surface area contributed by atoms with Crippen LogP contribution in [0.25, 0.3) is 0 Å². The van der Waals surface area contributed by atoms with Gasteiger partial charge in [0.25, 0.3) is 0 Å². The molecule has 0 saturated carbocycles. The minimum Gasteiger partial charge on any atom is -0.348 e. The fraction of sp³-hybridized carbons (Fsp3) is 0.500. The third-order valence-corrected chi connectivity index (χ3v) is 3.39. The Hall–Kier alpha value is -1.02. The molecule has 2 atom stereocenters. The number of benzene rings is 1. The maximum absolute atomic E-state index is 12.0. The Kier molecular flexibility index (Phi) is 5.49. The minimum atomic E-state index is -0.105. The molecule has 0 saturated heterocycles. The Labute approximate surface area is 108 Å². The Bertz CT molecular complexity index is 350. The van der Waals surface area contributed by atoms with E-state index in [-0.39, 0.29) is 17.9 Å². The van der Waals surface area contributed by atoms with Crippen molar-refractivity contribution in [2.45, 2.75) is 26.8 Å². The molecule has 1 aromatic rings. The summed E-state index contributed by atoms with van der Waals surface area (Å²) in [5.74, 6) is 0.793. The molecule has 0 aliphatic rings. The maximum atomic E-state index is 12.0. The first-order valence-electron chi connectivity index (χ1n) is 5.97. The third kappa shape index (κ3) is 4.04. The summed E-state index contributed by atoms with van der Waals surface area (Å²) in [5, 5.41) is 2.99. The van der Waals surface area contributed by atoms with Crippen molar-refractivity contribution in [1.82, 2.24) is 5.32 Å². The molecule has 1 aromatic carbocycles. The fourth-order valence-corrected chi connectivity index (χ4v) is 1.76. The second kappa shape index (κ2) is 6.65. The number of hydrogen-bond acceptors (Lipinski definition) is 1. The van der Waals surface area contributed by atoms with Gasteiger partial charge >= 0.3 is 0 Å². The van der Waals surface area contributed by atoms with E-state index in [1.807, 2.05) is 51.1 Å². The molecule has 1 rings (SSSR count). The molecule has 1 N–H and O–H groups in total. The average molecular weight is 254 g/mol. The molecule has 0 fully saturated rings. The lowest BCUT2D eigenvalue weighted by molar-refractivity contribution is -0.126. The summed E-state index contributed by atoms with van der Waals surface area (Å²) in [4.78, 5) is 12.0. The number of alkyl halides is 1. The van der Waals surface area contributed by atoms with Crippen LogP contribution >= 0.6 is 11.6 Å². The minimum absolute atomic E-state index is 0.00410. The van der Waals surface area contributed by atoms with Gasteiger partial charge < -0.3 is 5.32 Å². The van der Waals surface area contributed by atoms with Gasteiger partial charge in [-0.25, -0.2) is 0 Å². The summed E-state index contributed by atoms with van der Waals surface area (Å²) in [6, 6.07) is 9.71. The molecule has 94 valence electrons. The lowest BCUT2D eigenvalue weighted by Crippen LogP contribution is -2.35. The molecule has 17 heavy (non-hydrogen) atoms. The molecule has 0 radical (unpaired) electrons. The zero-order chi connectivity index (χ0) is 12.8. The highest BCUT2D eigenvalue weighted by atomic mass is 35.5. The van der Waals surface area contributed by atoms with Crippen LogP contribution in [-0.4, -0.2) is 11.8 Å². The van der Waals surface area contributed by atoms with E-state index < -0.39 is 0 Å². The van der Waals surface area contributed by atoms with Gasteiger partial charge in [-0.2, -0.15) is 0 Å². The molecule has 1 amide bonds. The summed E-state index contributed by atoms with van der Waals surface area (Å²) in [7, 11) is 0. The summed E-state index contributed by atoms with van der Waals surface area (Å²) < 4.78 is 0. The van der Waals surface area contributed by atoms with E-state index in [9.17, 15) is 4.79 Å². The molecule has 2 unspecified atom stereocenters. The van der Waals surface area contributed by atoms with Crippen molar-refractivity contribution in [3.63, 3.8) is 0 Å². The van der Waals surface area contributed by atoms with Crippen molar-refractivity contribution in [2.24, 2.45) is 11.8 Å². The van der Waals surface area contributed by atoms with E-state index in [0.29, 0.717) is 11.8 Å². The molecule has 2 nitrogen and oxygen atoms in total. The molecule has 0 aliphatic heterocycles. The van der Waals surface area contributed by atoms with Crippen LogP contribution in [0.5, 0.6) is 0 Å². The summed E-state index contributed by atoms with van der Waals surface area (Å²) >= 11 is 5.92. The van der Waals surface area contributed by atoms with Crippen molar-refractivity contribution in [2.75, 3.05) is 5.88 Å². The van der Waals surface area contributed by atoms with E-state index >= 15 is 0 Å². The number of rotatable bonds is 5. The molecule has 0 aliphatic carbocycles. The van der Waals surface area contributed by atoms with Crippen LogP contribution in [0.15, 0.2) is 30.3 Å². The highest BCUT2D eigenvalue weighted by Crippen LogP contribution is 2.17. The van der Waals surface area contributed by atoms with Crippen LogP contribution in [0.1, 0.15) is 32.4 Å². The van der Waals surface area contributed by atoms with Gasteiger partial charge in [0, 0.05) is 11.8 Å². The zero-order valence-corrected chi connectivity index (χ0v) is 11.4. The number of amides is 1. The van der Waals surface area contributed by atoms with Crippen LogP contribution in [0.3, 0.4) is 0 Å². The van der Waals surface area contributed by atoms with E-state index in [2.05, 4.69) is 5.32 Å². The van der Waals surface area contributed by atoms with E-state index in [4.69, 9.17) is 11.6 Å². The highest BCUT2D eigenvalue weighted by Gasteiger charge is 2.20. The molecule has 0 aromatic heterocycles. The van der Waals surface area contributed by atoms with Gasteiger partial charge in [-0.05, 0) is 11.5 Å². The van der Waals surface area contributed by atoms with Crippen molar-refractivity contribution in [3.05, 3.63) is 35.9 Å². The maximum Gasteiger partial charge on any atom is 0.223 e. The monoisotopic (exact) mass is 253 g/mol. The number of carbonyl (C=O) groups excluding carboxylic acids is 1. The van der Waals surface area contributed by atoms with E-state index in [0.717, 1.165) is 5.56 Å². The van der Waals surface area contributed by atoms with Crippen LogP contribution in [0.4, 0.5) is 0 Å². The van der Waals surface area contributed by atoms with Crippen molar-refractivity contribution < 1.29 is 4.79 Å². The van der Waals surface area contributed by atoms with Crippen LogP contribution in [0.2, 0.25) is 0 Å². The predicted octanol–water partition coefficient (Wildman–Crippen LogP) is 3.37. The van der Waals surface area contributed by atoms with Gasteiger partial charge in [0.2, 0.25) is 5.91 Å². The Morgan fingerprint density at radius 2 is 1.82 bits per heavy atom. The molecule has 3 heteroatoms. The number of carbonyl (C=O) groups is 1. The molecular formula is C14H20ClNO. The highest BCUT2D eigenvalue weighted by molar-refractivity contribution is 6.18. The second-order valence-electron chi connectivity index (χ2n) is 4.66. The Morgan fingerprint density at radius 1 is 1.24 bits per heavy atom. The first-order valence-corrected chi connectivity index (χ1v) is 6.51. The average Bonchev–Trinajstić information content (AvgIpc) is 2.35. The van der Waals surface area contributed by atoms with Crippen LogP contribution in [-0.2, 0) is 4.79 Å². The summed E-state index contributed by atoms with van der Waals surface area (Å²) in [6.07, 6.45) is 0. The first kappa shape index (κ1) is 14.0. The summed E-state index contributed by atoms with van der Waals surface area (Å²) in [6.45, 7) is 6.03. The van der Waals surface area contributed by atoms with E-state index in [1.165, 1.54) is 0 Å². The SMILES string of the molecule is CC(C)C(C)C(=O)NC(CCl)c1ccccc1. The van der Waals surface area contributed by atoms with Crippen LogP contribution < -0.4 is 5.32 Å². The zero-order valence-electron chi connectivity index (χ0n) is 10.6. The standard InChI is InChI=1S/C14H20ClNO/c1-10(2)11(3)14(17)16-13(9-15)12-7-5-4-6-8-12/h4-8,10-11,13H,9H2,1-3H3,(H,16,17). The normalized spacial score (nSPS) is 14.4. The van der Waals surface area contributed by atoms with Crippen molar-refractivity contribution in [1.29, 1.82) is 0 Å². The number of halogens is 1. The smallest absolute Gasteiger partial charge is 0.223 e. The van der Waals surface area contributed by atoms with Gasteiger partial charge in [0.15, 0.2) is 0 Å². The van der Waals surface area contributed by atoms with Gasteiger partial charge in [-0.1, -0.05) is 51.1 Å².